The molecule has 1 N–H and O–H groups in total. The Morgan fingerprint density at radius 3 is 2.53 bits per heavy atom. The van der Waals surface area contributed by atoms with Gasteiger partial charge in [-0.05, 0) is 62.4 Å². The summed E-state index contributed by atoms with van der Waals surface area (Å²) in [5.41, 5.74) is 2.57. The van der Waals surface area contributed by atoms with Crippen molar-refractivity contribution in [3.63, 3.8) is 0 Å². The van der Waals surface area contributed by atoms with E-state index in [1.54, 1.807) is 23.1 Å². The minimum absolute atomic E-state index is 0.00904. The maximum atomic E-state index is 13.5. The van der Waals surface area contributed by atoms with E-state index in [0.29, 0.717) is 25.8 Å². The predicted molar refractivity (Wildman–Crippen MR) is 123 cm³/mol. The van der Waals surface area contributed by atoms with Crippen LogP contribution in [0.15, 0.2) is 53.4 Å². The van der Waals surface area contributed by atoms with Crippen molar-refractivity contribution < 1.29 is 18.0 Å². The minimum atomic E-state index is -3.84. The van der Waals surface area contributed by atoms with Crippen molar-refractivity contribution in [3.8, 4) is 0 Å². The molecule has 2 amide bonds. The van der Waals surface area contributed by atoms with Gasteiger partial charge in [0.15, 0.2) is 0 Å². The monoisotopic (exact) mass is 455 g/mol. The van der Waals surface area contributed by atoms with Gasteiger partial charge in [-0.15, -0.1) is 0 Å². The van der Waals surface area contributed by atoms with Crippen molar-refractivity contribution >= 4 is 27.5 Å². The molecule has 3 unspecified atom stereocenters. The van der Waals surface area contributed by atoms with Gasteiger partial charge in [0, 0.05) is 25.2 Å². The molecule has 2 aliphatic heterocycles. The van der Waals surface area contributed by atoms with Crippen molar-refractivity contribution in [1.29, 1.82) is 0 Å². The largest absolute Gasteiger partial charge is 0.348 e. The second-order valence-electron chi connectivity index (χ2n) is 8.65. The third-order valence-electron chi connectivity index (χ3n) is 6.38. The van der Waals surface area contributed by atoms with Gasteiger partial charge in [-0.1, -0.05) is 30.3 Å². The van der Waals surface area contributed by atoms with Gasteiger partial charge in [0.25, 0.3) is 0 Å². The van der Waals surface area contributed by atoms with Crippen LogP contribution in [0, 0.1) is 0 Å². The molecule has 0 aliphatic carbocycles. The fourth-order valence-electron chi connectivity index (χ4n) is 4.81. The van der Waals surface area contributed by atoms with Crippen LogP contribution in [0.2, 0.25) is 0 Å². The first-order chi connectivity index (χ1) is 15.2. The lowest BCUT2D eigenvalue weighted by molar-refractivity contribution is -0.124. The van der Waals surface area contributed by atoms with Crippen molar-refractivity contribution in [1.82, 2.24) is 9.62 Å². The van der Waals surface area contributed by atoms with Crippen LogP contribution in [0.25, 0.3) is 0 Å². The molecule has 170 valence electrons. The highest BCUT2D eigenvalue weighted by molar-refractivity contribution is 7.89. The number of carbonyl (C=O) groups is 2. The number of nitrogens with one attached hydrogen (secondary N) is 1. The molecule has 1 fully saturated rings. The maximum absolute atomic E-state index is 13.5. The zero-order chi connectivity index (χ0) is 23.0. The molecule has 0 saturated carbocycles. The first-order valence-corrected chi connectivity index (χ1v) is 12.4. The van der Waals surface area contributed by atoms with Crippen LogP contribution in [0.3, 0.4) is 0 Å². The van der Waals surface area contributed by atoms with Crippen molar-refractivity contribution in [2.24, 2.45) is 0 Å². The fraction of sp³-hybridized carbons (Fsp3) is 0.417. The molecule has 0 aromatic heterocycles. The van der Waals surface area contributed by atoms with Crippen molar-refractivity contribution in [3.05, 3.63) is 59.7 Å². The highest BCUT2D eigenvalue weighted by Crippen LogP contribution is 2.35. The van der Waals surface area contributed by atoms with E-state index in [2.05, 4.69) is 5.32 Å². The standard InChI is InChI=1S/C24H29N3O4S/c1-16-14-20-15-21(11-12-22(20)27(16)18(3)28)32(30,31)26-13-7-10-23(26)24(29)25-17(2)19-8-5-4-6-9-19/h4-6,8-9,11-12,15-17,23H,7,10,13-14H2,1-3H3,(H,25,29). The van der Waals surface area contributed by atoms with E-state index in [0.717, 1.165) is 16.8 Å². The fourth-order valence-corrected chi connectivity index (χ4v) is 6.52. The summed E-state index contributed by atoms with van der Waals surface area (Å²) >= 11 is 0. The molecule has 32 heavy (non-hydrogen) atoms. The highest BCUT2D eigenvalue weighted by atomic mass is 32.2. The van der Waals surface area contributed by atoms with E-state index in [9.17, 15) is 18.0 Å². The predicted octanol–water partition coefficient (Wildman–Crippen LogP) is 3.01. The zero-order valence-corrected chi connectivity index (χ0v) is 19.4. The van der Waals surface area contributed by atoms with Gasteiger partial charge in [0.05, 0.1) is 10.9 Å². The Hall–Kier alpha value is -2.71. The molecule has 8 heteroatoms. The van der Waals surface area contributed by atoms with Gasteiger partial charge < -0.3 is 10.2 Å². The van der Waals surface area contributed by atoms with Crippen LogP contribution in [0.4, 0.5) is 5.69 Å². The molecule has 2 heterocycles. The molecule has 1 saturated heterocycles. The van der Waals surface area contributed by atoms with Gasteiger partial charge in [0.1, 0.15) is 6.04 Å². The van der Waals surface area contributed by atoms with E-state index < -0.39 is 16.1 Å². The van der Waals surface area contributed by atoms with Crippen LogP contribution >= 0.6 is 0 Å². The Kier molecular flexibility index (Phi) is 6.09. The number of anilines is 1. The Labute approximate surface area is 189 Å². The lowest BCUT2D eigenvalue weighted by Crippen LogP contribution is -2.46. The third-order valence-corrected chi connectivity index (χ3v) is 8.28. The molecule has 3 atom stereocenters. The minimum Gasteiger partial charge on any atom is -0.348 e. The number of amides is 2. The quantitative estimate of drug-likeness (QED) is 0.751. The van der Waals surface area contributed by atoms with Crippen LogP contribution in [-0.4, -0.2) is 43.2 Å². The Bertz CT molecular complexity index is 1130. The summed E-state index contributed by atoms with van der Waals surface area (Å²) in [6.07, 6.45) is 1.74. The summed E-state index contributed by atoms with van der Waals surface area (Å²) in [4.78, 5) is 26.8. The van der Waals surface area contributed by atoms with Gasteiger partial charge in [-0.3, -0.25) is 9.59 Å². The Morgan fingerprint density at radius 1 is 1.12 bits per heavy atom. The summed E-state index contributed by atoms with van der Waals surface area (Å²) in [5, 5.41) is 2.97. The molecule has 4 rings (SSSR count). The van der Waals surface area contributed by atoms with Crippen molar-refractivity contribution in [2.75, 3.05) is 11.4 Å². The summed E-state index contributed by atoms with van der Waals surface area (Å²) in [6, 6.07) is 13.6. The average molecular weight is 456 g/mol. The van der Waals surface area contributed by atoms with Gasteiger partial charge in [-0.2, -0.15) is 4.31 Å². The highest BCUT2D eigenvalue weighted by Gasteiger charge is 2.40. The Morgan fingerprint density at radius 2 is 1.84 bits per heavy atom. The molecule has 0 spiro atoms. The smallest absolute Gasteiger partial charge is 0.243 e. The van der Waals surface area contributed by atoms with Gasteiger partial charge >= 0.3 is 0 Å². The van der Waals surface area contributed by atoms with E-state index in [-0.39, 0.29) is 28.8 Å². The molecule has 0 radical (unpaired) electrons. The average Bonchev–Trinajstić information content (AvgIpc) is 3.38. The second kappa shape index (κ2) is 8.67. The molecule has 2 aliphatic rings. The summed E-state index contributed by atoms with van der Waals surface area (Å²) < 4.78 is 28.3. The first-order valence-electron chi connectivity index (χ1n) is 11.0. The molecule has 7 nitrogen and oxygen atoms in total. The number of sulfonamides is 1. The third kappa shape index (κ3) is 4.04. The summed E-state index contributed by atoms with van der Waals surface area (Å²) in [6.45, 7) is 5.67. The number of nitrogens with zero attached hydrogens (tertiary/aromatic N) is 2. The molecule has 2 aromatic rings. The second-order valence-corrected chi connectivity index (χ2v) is 10.5. The topological polar surface area (TPSA) is 86.8 Å². The number of hydrogen-bond acceptors (Lipinski definition) is 4. The number of benzene rings is 2. The van der Waals surface area contributed by atoms with Crippen molar-refractivity contribution in [2.45, 2.75) is 63.1 Å². The molecule has 0 bridgehead atoms. The van der Waals surface area contributed by atoms with E-state index in [1.807, 2.05) is 44.2 Å². The zero-order valence-electron chi connectivity index (χ0n) is 18.6. The number of hydrogen-bond donors (Lipinski definition) is 1. The number of carbonyl (C=O) groups excluding carboxylic acids is 2. The van der Waals surface area contributed by atoms with Gasteiger partial charge in [-0.25, -0.2) is 8.42 Å². The number of fused-ring (bicyclic) bond motifs is 1. The first kappa shape index (κ1) is 22.5. The van der Waals surface area contributed by atoms with E-state index in [1.165, 1.54) is 11.2 Å². The Balaban J connectivity index is 1.55. The lowest BCUT2D eigenvalue weighted by Gasteiger charge is -2.25. The van der Waals surface area contributed by atoms with E-state index >= 15 is 0 Å². The lowest BCUT2D eigenvalue weighted by atomic mass is 10.1. The van der Waals surface area contributed by atoms with Crippen LogP contribution < -0.4 is 10.2 Å². The summed E-state index contributed by atoms with van der Waals surface area (Å²) in [5.74, 6) is -0.337. The van der Waals surface area contributed by atoms with Crippen LogP contribution in [0.1, 0.15) is 50.8 Å². The molecular weight excluding hydrogens is 426 g/mol. The normalized spacial score (nSPS) is 21.9. The SMILES string of the molecule is CC(=O)N1c2ccc(S(=O)(=O)N3CCCC3C(=O)NC(C)c3ccccc3)cc2CC1C. The van der Waals surface area contributed by atoms with E-state index in [4.69, 9.17) is 0 Å². The number of rotatable bonds is 5. The summed E-state index contributed by atoms with van der Waals surface area (Å²) in [7, 11) is -3.84. The maximum Gasteiger partial charge on any atom is 0.243 e. The molecule has 2 aromatic carbocycles. The van der Waals surface area contributed by atoms with Crippen LogP contribution in [0.5, 0.6) is 0 Å². The van der Waals surface area contributed by atoms with Crippen LogP contribution in [-0.2, 0) is 26.0 Å². The molecular formula is C24H29N3O4S. The van der Waals surface area contributed by atoms with Gasteiger partial charge in [0.2, 0.25) is 21.8 Å².